The zero-order valence-corrected chi connectivity index (χ0v) is 17.8. The van der Waals surface area contributed by atoms with Crippen molar-refractivity contribution in [2.24, 2.45) is 0 Å². The zero-order valence-electron chi connectivity index (χ0n) is 15.3. The summed E-state index contributed by atoms with van der Waals surface area (Å²) in [5, 5.41) is 3.95. The third-order valence-electron chi connectivity index (χ3n) is 5.17. The van der Waals surface area contributed by atoms with E-state index in [2.05, 4.69) is 10.3 Å². The van der Waals surface area contributed by atoms with E-state index in [0.717, 1.165) is 65.4 Å². The first-order chi connectivity index (χ1) is 13.2. The predicted octanol–water partition coefficient (Wildman–Crippen LogP) is 3.50. The van der Waals surface area contributed by atoms with Crippen LogP contribution in [0.2, 0.25) is 0 Å². The van der Waals surface area contributed by atoms with Crippen molar-refractivity contribution in [3.8, 4) is 0 Å². The highest BCUT2D eigenvalue weighted by Crippen LogP contribution is 2.33. The maximum atomic E-state index is 12.5. The SMILES string of the molecule is O=C(CCSCc1nc2sc3c(c2c(=O)[nH]1)CCCC3)NC1CCSCC1. The van der Waals surface area contributed by atoms with E-state index in [4.69, 9.17) is 4.98 Å². The fourth-order valence-electron chi connectivity index (χ4n) is 3.75. The number of rotatable bonds is 6. The monoisotopic (exact) mass is 423 g/mol. The summed E-state index contributed by atoms with van der Waals surface area (Å²) in [6, 6.07) is 0.356. The lowest BCUT2D eigenvalue weighted by atomic mass is 9.97. The second-order valence-corrected chi connectivity index (χ2v) is 10.6. The second kappa shape index (κ2) is 9.01. The molecule has 3 heterocycles. The molecule has 146 valence electrons. The van der Waals surface area contributed by atoms with Gasteiger partial charge in [-0.05, 0) is 55.6 Å². The van der Waals surface area contributed by atoms with Crippen LogP contribution in [0.1, 0.15) is 48.4 Å². The molecule has 1 fully saturated rings. The Bertz CT molecular complexity index is 871. The van der Waals surface area contributed by atoms with Crippen LogP contribution < -0.4 is 10.9 Å². The quantitative estimate of drug-likeness (QED) is 0.696. The number of H-pyrrole nitrogens is 1. The largest absolute Gasteiger partial charge is 0.353 e. The summed E-state index contributed by atoms with van der Waals surface area (Å²) in [5.41, 5.74) is 1.23. The van der Waals surface area contributed by atoms with Crippen molar-refractivity contribution >= 4 is 51.0 Å². The van der Waals surface area contributed by atoms with Crippen molar-refractivity contribution in [3.63, 3.8) is 0 Å². The summed E-state index contributed by atoms with van der Waals surface area (Å²) in [6.45, 7) is 0. The van der Waals surface area contributed by atoms with Crippen molar-refractivity contribution < 1.29 is 4.79 Å². The average Bonchev–Trinajstić information content (AvgIpc) is 3.05. The molecule has 0 aromatic carbocycles. The van der Waals surface area contributed by atoms with Crippen LogP contribution in [0.4, 0.5) is 0 Å². The summed E-state index contributed by atoms with van der Waals surface area (Å²) in [7, 11) is 0. The molecule has 5 nitrogen and oxygen atoms in total. The van der Waals surface area contributed by atoms with Gasteiger partial charge in [-0.15, -0.1) is 11.3 Å². The Balaban J connectivity index is 1.30. The molecule has 8 heteroatoms. The van der Waals surface area contributed by atoms with Gasteiger partial charge < -0.3 is 10.3 Å². The van der Waals surface area contributed by atoms with E-state index in [1.807, 2.05) is 11.8 Å². The Hall–Kier alpha value is -0.990. The van der Waals surface area contributed by atoms with E-state index >= 15 is 0 Å². The first kappa shape index (κ1) is 19.3. The van der Waals surface area contributed by atoms with E-state index in [9.17, 15) is 9.59 Å². The van der Waals surface area contributed by atoms with Crippen molar-refractivity contribution in [2.75, 3.05) is 17.3 Å². The number of fused-ring (bicyclic) bond motifs is 3. The molecule has 2 aromatic rings. The normalized spacial score (nSPS) is 17.8. The predicted molar refractivity (Wildman–Crippen MR) is 116 cm³/mol. The minimum atomic E-state index is 0.00270. The van der Waals surface area contributed by atoms with Gasteiger partial charge in [-0.3, -0.25) is 9.59 Å². The van der Waals surface area contributed by atoms with Gasteiger partial charge in [-0.25, -0.2) is 4.98 Å². The van der Waals surface area contributed by atoms with Crippen molar-refractivity contribution in [1.29, 1.82) is 0 Å². The molecule has 1 aliphatic heterocycles. The standard InChI is InChI=1S/C19H25N3O2S3/c23-16(20-12-5-8-25-9-6-12)7-10-26-11-15-21-18(24)17-13-3-1-2-4-14(13)27-19(17)22-15/h12H,1-11H2,(H,20,23)(H,21,22,24). The van der Waals surface area contributed by atoms with E-state index in [-0.39, 0.29) is 11.5 Å². The van der Waals surface area contributed by atoms with Gasteiger partial charge in [-0.1, -0.05) is 0 Å². The van der Waals surface area contributed by atoms with Crippen LogP contribution in [0.15, 0.2) is 4.79 Å². The Morgan fingerprint density at radius 3 is 2.93 bits per heavy atom. The third kappa shape index (κ3) is 4.71. The number of nitrogens with zero attached hydrogens (tertiary/aromatic N) is 1. The van der Waals surface area contributed by atoms with E-state index in [1.165, 1.54) is 16.9 Å². The van der Waals surface area contributed by atoms with Gasteiger partial charge in [0.25, 0.3) is 5.56 Å². The Morgan fingerprint density at radius 1 is 1.26 bits per heavy atom. The van der Waals surface area contributed by atoms with Gasteiger partial charge in [0.05, 0.1) is 11.1 Å². The number of amides is 1. The number of aryl methyl sites for hydroxylation is 2. The summed E-state index contributed by atoms with van der Waals surface area (Å²) >= 11 is 5.31. The van der Waals surface area contributed by atoms with Gasteiger partial charge in [-0.2, -0.15) is 23.5 Å². The fourth-order valence-corrected chi connectivity index (χ4v) is 6.94. The van der Waals surface area contributed by atoms with Crippen LogP contribution in [0.5, 0.6) is 0 Å². The lowest BCUT2D eigenvalue weighted by molar-refractivity contribution is -0.121. The first-order valence-electron chi connectivity index (χ1n) is 9.69. The fraction of sp³-hybridized carbons (Fsp3) is 0.632. The molecule has 0 unspecified atom stereocenters. The molecule has 1 saturated heterocycles. The molecular formula is C19H25N3O2S3. The lowest BCUT2D eigenvalue weighted by Gasteiger charge is -2.22. The lowest BCUT2D eigenvalue weighted by Crippen LogP contribution is -2.37. The minimum absolute atomic E-state index is 0.00270. The molecule has 0 spiro atoms. The summed E-state index contributed by atoms with van der Waals surface area (Å²) in [4.78, 5) is 34.5. The third-order valence-corrected chi connectivity index (χ3v) is 8.38. The maximum absolute atomic E-state index is 12.5. The van der Waals surface area contributed by atoms with Crippen LogP contribution in [0.3, 0.4) is 0 Å². The average molecular weight is 424 g/mol. The highest BCUT2D eigenvalue weighted by atomic mass is 32.2. The second-order valence-electron chi connectivity index (χ2n) is 7.16. The number of thiophene rings is 1. The van der Waals surface area contributed by atoms with Crippen molar-refractivity contribution in [3.05, 3.63) is 26.6 Å². The van der Waals surface area contributed by atoms with Gasteiger partial charge in [0, 0.05) is 23.1 Å². The van der Waals surface area contributed by atoms with Crippen LogP contribution in [-0.2, 0) is 23.4 Å². The number of nitrogens with one attached hydrogen (secondary N) is 2. The van der Waals surface area contributed by atoms with Gasteiger partial charge >= 0.3 is 0 Å². The van der Waals surface area contributed by atoms with Gasteiger partial charge in [0.15, 0.2) is 0 Å². The molecule has 0 bridgehead atoms. The van der Waals surface area contributed by atoms with Crippen molar-refractivity contribution in [2.45, 2.75) is 56.7 Å². The molecule has 1 aliphatic carbocycles. The molecule has 0 radical (unpaired) electrons. The Morgan fingerprint density at radius 2 is 2.07 bits per heavy atom. The summed E-state index contributed by atoms with van der Waals surface area (Å²) in [6.07, 6.45) is 7.14. The van der Waals surface area contributed by atoms with E-state index in [1.54, 1.807) is 23.1 Å². The number of aromatic nitrogens is 2. The number of carbonyl (C=O) groups excluding carboxylic acids is 1. The van der Waals surface area contributed by atoms with E-state index in [0.29, 0.717) is 18.2 Å². The summed E-state index contributed by atoms with van der Waals surface area (Å²) < 4.78 is 0. The molecule has 27 heavy (non-hydrogen) atoms. The number of hydrogen-bond donors (Lipinski definition) is 2. The number of hydrogen-bond acceptors (Lipinski definition) is 6. The van der Waals surface area contributed by atoms with Gasteiger partial charge in [0.1, 0.15) is 10.7 Å². The molecule has 0 atom stereocenters. The molecule has 1 amide bonds. The highest BCUT2D eigenvalue weighted by Gasteiger charge is 2.20. The topological polar surface area (TPSA) is 74.8 Å². The smallest absolute Gasteiger partial charge is 0.259 e. The molecule has 2 aromatic heterocycles. The summed E-state index contributed by atoms with van der Waals surface area (Å²) in [5.74, 6) is 4.54. The highest BCUT2D eigenvalue weighted by molar-refractivity contribution is 7.99. The van der Waals surface area contributed by atoms with Crippen LogP contribution in [-0.4, -0.2) is 39.2 Å². The molecule has 2 N–H and O–H groups in total. The number of carbonyl (C=O) groups is 1. The number of thioether (sulfide) groups is 2. The van der Waals surface area contributed by atoms with Crippen LogP contribution >= 0.6 is 34.9 Å². The molecular weight excluding hydrogens is 398 g/mol. The van der Waals surface area contributed by atoms with Crippen LogP contribution in [0, 0.1) is 0 Å². The molecule has 0 saturated carbocycles. The Labute approximate surface area is 171 Å². The van der Waals surface area contributed by atoms with Crippen molar-refractivity contribution in [1.82, 2.24) is 15.3 Å². The maximum Gasteiger partial charge on any atom is 0.259 e. The zero-order chi connectivity index (χ0) is 18.6. The molecule has 2 aliphatic rings. The first-order valence-corrected chi connectivity index (χ1v) is 12.8. The molecule has 4 rings (SSSR count). The minimum Gasteiger partial charge on any atom is -0.353 e. The van der Waals surface area contributed by atoms with Crippen LogP contribution in [0.25, 0.3) is 10.2 Å². The number of aromatic amines is 1. The van der Waals surface area contributed by atoms with E-state index < -0.39 is 0 Å². The Kier molecular flexibility index (Phi) is 6.45. The van der Waals surface area contributed by atoms with Gasteiger partial charge in [0.2, 0.25) is 5.91 Å².